The zero-order chi connectivity index (χ0) is 41.0. The SMILES string of the molecule is C=CCC(COc1ccc(C)cc1-c1cccc(-c2c(C)ccc3ccccc23)c1O)COc1ccc(CC)cc1-c1cccc(-c2c(C)ccc3ccccc23)c1O. The van der Waals surface area contributed by atoms with E-state index in [1.807, 2.05) is 84.9 Å². The highest BCUT2D eigenvalue weighted by Crippen LogP contribution is 2.46. The molecule has 0 aliphatic carbocycles. The molecule has 0 heterocycles. The largest absolute Gasteiger partial charge is 0.507 e. The smallest absolute Gasteiger partial charge is 0.131 e. The lowest BCUT2D eigenvalue weighted by atomic mass is 9.90. The lowest BCUT2D eigenvalue weighted by Crippen LogP contribution is -2.20. The minimum Gasteiger partial charge on any atom is -0.507 e. The molecule has 4 heteroatoms. The summed E-state index contributed by atoms with van der Waals surface area (Å²) in [5.41, 5.74) is 11.2. The molecule has 4 nitrogen and oxygen atoms in total. The molecule has 8 rings (SSSR count). The van der Waals surface area contributed by atoms with Gasteiger partial charge in [0.1, 0.15) is 23.0 Å². The van der Waals surface area contributed by atoms with Crippen LogP contribution in [0.4, 0.5) is 0 Å². The van der Waals surface area contributed by atoms with Crippen molar-refractivity contribution in [1.82, 2.24) is 0 Å². The summed E-state index contributed by atoms with van der Waals surface area (Å²) in [6, 6.07) is 49.3. The molecule has 0 saturated heterocycles. The average Bonchev–Trinajstić information content (AvgIpc) is 3.25. The Morgan fingerprint density at radius 3 is 1.54 bits per heavy atom. The summed E-state index contributed by atoms with van der Waals surface area (Å²) in [7, 11) is 0. The van der Waals surface area contributed by atoms with Gasteiger partial charge in [-0.15, -0.1) is 6.58 Å². The molecule has 0 amide bonds. The van der Waals surface area contributed by atoms with Crippen LogP contribution in [-0.4, -0.2) is 23.4 Å². The maximum atomic E-state index is 12.0. The van der Waals surface area contributed by atoms with Gasteiger partial charge in [-0.25, -0.2) is 0 Å². The molecular formula is C55H50O4. The molecule has 0 aliphatic rings. The van der Waals surface area contributed by atoms with E-state index in [0.29, 0.717) is 36.7 Å². The third-order valence-electron chi connectivity index (χ3n) is 11.5. The fourth-order valence-electron chi connectivity index (χ4n) is 8.35. The molecule has 0 radical (unpaired) electrons. The summed E-state index contributed by atoms with van der Waals surface area (Å²) in [4.78, 5) is 0. The quantitative estimate of drug-likeness (QED) is 0.115. The topological polar surface area (TPSA) is 58.9 Å². The Hall–Kier alpha value is -6.78. The van der Waals surface area contributed by atoms with Crippen molar-refractivity contribution in [2.75, 3.05) is 13.2 Å². The van der Waals surface area contributed by atoms with Gasteiger partial charge in [0.25, 0.3) is 0 Å². The molecule has 0 fully saturated rings. The minimum absolute atomic E-state index is 0.0307. The Bertz CT molecular complexity index is 2830. The second kappa shape index (κ2) is 17.0. The van der Waals surface area contributed by atoms with Crippen LogP contribution in [-0.2, 0) is 6.42 Å². The zero-order valence-electron chi connectivity index (χ0n) is 34.3. The van der Waals surface area contributed by atoms with Crippen LogP contribution >= 0.6 is 0 Å². The molecule has 0 aromatic heterocycles. The molecule has 59 heavy (non-hydrogen) atoms. The van der Waals surface area contributed by atoms with Crippen LogP contribution in [0.3, 0.4) is 0 Å². The normalized spacial score (nSPS) is 11.8. The van der Waals surface area contributed by atoms with Crippen molar-refractivity contribution in [3.63, 3.8) is 0 Å². The van der Waals surface area contributed by atoms with Crippen molar-refractivity contribution < 1.29 is 19.7 Å². The van der Waals surface area contributed by atoms with Crippen molar-refractivity contribution in [3.8, 4) is 67.5 Å². The number of aryl methyl sites for hydroxylation is 4. The van der Waals surface area contributed by atoms with Crippen LogP contribution in [0.15, 0.2) is 158 Å². The summed E-state index contributed by atoms with van der Waals surface area (Å²) >= 11 is 0. The van der Waals surface area contributed by atoms with Gasteiger partial charge in [0.05, 0.1) is 13.2 Å². The van der Waals surface area contributed by atoms with Gasteiger partial charge < -0.3 is 19.7 Å². The first-order valence-corrected chi connectivity index (χ1v) is 20.5. The number of hydrogen-bond donors (Lipinski definition) is 2. The summed E-state index contributed by atoms with van der Waals surface area (Å²) in [6.45, 7) is 13.2. The lowest BCUT2D eigenvalue weighted by Gasteiger charge is -2.21. The predicted octanol–water partition coefficient (Wildman–Crippen LogP) is 14.2. The van der Waals surface area contributed by atoms with Crippen LogP contribution in [0.2, 0.25) is 0 Å². The van der Waals surface area contributed by atoms with E-state index in [0.717, 1.165) is 89.2 Å². The summed E-state index contributed by atoms with van der Waals surface area (Å²) < 4.78 is 13.3. The number of phenolic OH excluding ortho intramolecular Hbond substituents is 2. The highest BCUT2D eigenvalue weighted by Gasteiger charge is 2.21. The fraction of sp³-hybridized carbons (Fsp3) is 0.164. The zero-order valence-corrected chi connectivity index (χ0v) is 34.3. The van der Waals surface area contributed by atoms with Gasteiger partial charge in [-0.05, 0) is 107 Å². The van der Waals surface area contributed by atoms with E-state index in [2.05, 4.69) is 101 Å². The first-order valence-electron chi connectivity index (χ1n) is 20.5. The molecule has 1 atom stereocenters. The van der Waals surface area contributed by atoms with Gasteiger partial charge in [-0.2, -0.15) is 0 Å². The van der Waals surface area contributed by atoms with Crippen LogP contribution < -0.4 is 9.47 Å². The van der Waals surface area contributed by atoms with Gasteiger partial charge in [0, 0.05) is 39.3 Å². The Morgan fingerprint density at radius 1 is 0.525 bits per heavy atom. The number of fused-ring (bicyclic) bond motifs is 2. The van der Waals surface area contributed by atoms with E-state index in [1.54, 1.807) is 0 Å². The maximum absolute atomic E-state index is 12.0. The Kier molecular flexibility index (Phi) is 11.2. The Labute approximate surface area is 347 Å². The minimum atomic E-state index is -0.0307. The number of phenols is 2. The number of para-hydroxylation sites is 2. The highest BCUT2D eigenvalue weighted by atomic mass is 16.5. The number of ether oxygens (including phenoxy) is 2. The molecule has 8 aromatic carbocycles. The van der Waals surface area contributed by atoms with Gasteiger partial charge in [-0.1, -0.05) is 140 Å². The van der Waals surface area contributed by atoms with E-state index in [4.69, 9.17) is 9.47 Å². The molecule has 0 bridgehead atoms. The van der Waals surface area contributed by atoms with Crippen LogP contribution in [0.1, 0.15) is 35.6 Å². The predicted molar refractivity (Wildman–Crippen MR) is 246 cm³/mol. The first-order chi connectivity index (χ1) is 28.7. The molecular weight excluding hydrogens is 725 g/mol. The van der Waals surface area contributed by atoms with Crippen molar-refractivity contribution in [2.45, 2.75) is 40.5 Å². The van der Waals surface area contributed by atoms with E-state index >= 15 is 0 Å². The average molecular weight is 775 g/mol. The summed E-state index contributed by atoms with van der Waals surface area (Å²) in [5, 5.41) is 28.5. The van der Waals surface area contributed by atoms with E-state index in [-0.39, 0.29) is 17.4 Å². The van der Waals surface area contributed by atoms with Crippen molar-refractivity contribution >= 4 is 21.5 Å². The van der Waals surface area contributed by atoms with Gasteiger partial charge in [0.15, 0.2) is 0 Å². The lowest BCUT2D eigenvalue weighted by molar-refractivity contribution is 0.179. The number of hydrogen-bond acceptors (Lipinski definition) is 4. The van der Waals surface area contributed by atoms with Crippen LogP contribution in [0.5, 0.6) is 23.0 Å². The third kappa shape index (κ3) is 7.79. The van der Waals surface area contributed by atoms with E-state index < -0.39 is 0 Å². The molecule has 294 valence electrons. The van der Waals surface area contributed by atoms with Crippen molar-refractivity contribution in [2.24, 2.45) is 5.92 Å². The number of benzene rings is 8. The van der Waals surface area contributed by atoms with Crippen molar-refractivity contribution in [3.05, 3.63) is 181 Å². The van der Waals surface area contributed by atoms with Crippen LogP contribution in [0.25, 0.3) is 66.1 Å². The number of allylic oxidation sites excluding steroid dienone is 1. The third-order valence-corrected chi connectivity index (χ3v) is 11.5. The Balaban J connectivity index is 1.08. The fourth-order valence-corrected chi connectivity index (χ4v) is 8.35. The van der Waals surface area contributed by atoms with Crippen LogP contribution in [0, 0.1) is 26.7 Å². The monoisotopic (exact) mass is 774 g/mol. The van der Waals surface area contributed by atoms with Crippen molar-refractivity contribution in [1.29, 1.82) is 0 Å². The van der Waals surface area contributed by atoms with Gasteiger partial charge >= 0.3 is 0 Å². The highest BCUT2D eigenvalue weighted by molar-refractivity contribution is 6.02. The van der Waals surface area contributed by atoms with E-state index in [9.17, 15) is 10.2 Å². The number of aromatic hydroxyl groups is 2. The molecule has 0 aliphatic heterocycles. The first kappa shape index (κ1) is 39.1. The van der Waals surface area contributed by atoms with Gasteiger partial charge in [-0.3, -0.25) is 0 Å². The number of rotatable bonds is 13. The second-order valence-electron chi connectivity index (χ2n) is 15.6. The molecule has 8 aromatic rings. The molecule has 0 saturated carbocycles. The molecule has 2 N–H and O–H groups in total. The maximum Gasteiger partial charge on any atom is 0.131 e. The Morgan fingerprint density at radius 2 is 1.02 bits per heavy atom. The standard InChI is InChI=1S/C55H50O4/c1-6-14-39(33-58-50-29-23-35(3)31-48(50)44-19-12-21-46(54(44)56)52-36(4)24-27-40-15-8-10-17-42(40)52)34-59-51-30-26-38(7-2)32-49(51)45-20-13-22-47(55(45)57)53-37(5)25-28-41-16-9-11-18-43(41)53/h6,8-13,15-32,39,56-57H,1,7,14,33-34H2,2-5H3. The van der Waals surface area contributed by atoms with E-state index in [1.165, 1.54) is 0 Å². The molecule has 1 unspecified atom stereocenters. The second-order valence-corrected chi connectivity index (χ2v) is 15.6. The molecule has 0 spiro atoms. The van der Waals surface area contributed by atoms with Gasteiger partial charge in [0.2, 0.25) is 0 Å². The summed E-state index contributed by atoms with van der Waals surface area (Å²) in [6.07, 6.45) is 3.42. The summed E-state index contributed by atoms with van der Waals surface area (Å²) in [5.74, 6) is 1.80.